The predicted molar refractivity (Wildman–Crippen MR) is 127 cm³/mol. The van der Waals surface area contributed by atoms with Crippen molar-refractivity contribution in [1.82, 2.24) is 9.21 Å². The topological polar surface area (TPSA) is 87.2 Å². The molecule has 1 fully saturated rings. The lowest BCUT2D eigenvalue weighted by Crippen LogP contribution is -2.50. The summed E-state index contributed by atoms with van der Waals surface area (Å²) >= 11 is 0. The zero-order chi connectivity index (χ0) is 24.2. The van der Waals surface area contributed by atoms with Crippen molar-refractivity contribution in [3.8, 4) is 17.6 Å². The van der Waals surface area contributed by atoms with E-state index in [0.29, 0.717) is 12.1 Å². The Kier molecular flexibility index (Phi) is 8.43. The molecule has 33 heavy (non-hydrogen) atoms. The Morgan fingerprint density at radius 3 is 2.70 bits per heavy atom. The van der Waals surface area contributed by atoms with E-state index in [2.05, 4.69) is 18.8 Å². The first kappa shape index (κ1) is 25.5. The third-order valence-corrected chi connectivity index (χ3v) is 8.58. The number of fused-ring (bicyclic) bond motifs is 1. The highest BCUT2D eigenvalue weighted by atomic mass is 32.2. The van der Waals surface area contributed by atoms with E-state index in [9.17, 15) is 18.3 Å². The SMILES string of the molecule is CCCC#Cc1ccc2c(c1)O[C@H](CN(C)C(=O)C1CCC1)[C@H](C)CN([C@H](C)CO)S2(=O)=O. The normalized spacial score (nSPS) is 23.5. The number of hydrogen-bond donors (Lipinski definition) is 1. The van der Waals surface area contributed by atoms with Crippen LogP contribution in [-0.4, -0.2) is 67.5 Å². The lowest BCUT2D eigenvalue weighted by Gasteiger charge is -2.38. The van der Waals surface area contributed by atoms with E-state index in [4.69, 9.17) is 4.74 Å². The van der Waals surface area contributed by atoms with Gasteiger partial charge in [-0.3, -0.25) is 4.79 Å². The number of likely N-dealkylation sites (N-methyl/N-ethyl adjacent to an activating group) is 1. The van der Waals surface area contributed by atoms with Crippen LogP contribution < -0.4 is 4.74 Å². The number of ether oxygens (including phenoxy) is 1. The minimum atomic E-state index is -3.89. The van der Waals surface area contributed by atoms with Crippen LogP contribution in [0.3, 0.4) is 0 Å². The smallest absolute Gasteiger partial charge is 0.247 e. The van der Waals surface area contributed by atoms with Crippen LogP contribution in [0.4, 0.5) is 0 Å². The fourth-order valence-electron chi connectivity index (χ4n) is 4.14. The number of unbranched alkanes of at least 4 members (excludes halogenated alkanes) is 1. The summed E-state index contributed by atoms with van der Waals surface area (Å²) in [4.78, 5) is 14.5. The van der Waals surface area contributed by atoms with Crippen molar-refractivity contribution >= 4 is 15.9 Å². The molecule has 1 aliphatic carbocycles. The Morgan fingerprint density at radius 2 is 2.09 bits per heavy atom. The Bertz CT molecular complexity index is 1010. The van der Waals surface area contributed by atoms with Crippen molar-refractivity contribution < 1.29 is 23.1 Å². The van der Waals surface area contributed by atoms with Crippen molar-refractivity contribution in [1.29, 1.82) is 0 Å². The molecule has 1 aromatic carbocycles. The maximum Gasteiger partial charge on any atom is 0.247 e. The van der Waals surface area contributed by atoms with Crippen LogP contribution in [-0.2, 0) is 14.8 Å². The lowest BCUT2D eigenvalue weighted by atomic mass is 9.84. The van der Waals surface area contributed by atoms with E-state index in [1.165, 1.54) is 10.4 Å². The molecule has 0 spiro atoms. The fourth-order valence-corrected chi connectivity index (χ4v) is 5.96. The number of aliphatic hydroxyl groups is 1. The molecule has 1 N–H and O–H groups in total. The van der Waals surface area contributed by atoms with Crippen molar-refractivity contribution in [3.63, 3.8) is 0 Å². The molecule has 0 unspecified atom stereocenters. The Labute approximate surface area is 198 Å². The van der Waals surface area contributed by atoms with E-state index in [1.807, 2.05) is 6.92 Å². The van der Waals surface area contributed by atoms with E-state index in [0.717, 1.165) is 32.1 Å². The van der Waals surface area contributed by atoms with Crippen LogP contribution in [0.2, 0.25) is 0 Å². The van der Waals surface area contributed by atoms with Gasteiger partial charge in [-0.2, -0.15) is 4.31 Å². The second-order valence-electron chi connectivity index (χ2n) is 9.30. The van der Waals surface area contributed by atoms with E-state index in [-0.39, 0.29) is 41.5 Å². The van der Waals surface area contributed by atoms with Crippen LogP contribution in [0.25, 0.3) is 0 Å². The summed E-state index contributed by atoms with van der Waals surface area (Å²) in [6, 6.07) is 4.32. The predicted octanol–water partition coefficient (Wildman–Crippen LogP) is 2.87. The molecule has 8 heteroatoms. The Hall–Kier alpha value is -2.08. The third kappa shape index (κ3) is 5.71. The van der Waals surface area contributed by atoms with Gasteiger partial charge in [0.05, 0.1) is 13.2 Å². The molecule has 3 rings (SSSR count). The first-order chi connectivity index (χ1) is 15.7. The van der Waals surface area contributed by atoms with Crippen LogP contribution in [0.5, 0.6) is 5.75 Å². The van der Waals surface area contributed by atoms with E-state index >= 15 is 0 Å². The van der Waals surface area contributed by atoms with Gasteiger partial charge >= 0.3 is 0 Å². The van der Waals surface area contributed by atoms with Gasteiger partial charge in [0.15, 0.2) is 0 Å². The first-order valence-corrected chi connectivity index (χ1v) is 13.3. The molecular formula is C25H36N2O5S. The number of carbonyl (C=O) groups excluding carboxylic acids is 1. The van der Waals surface area contributed by atoms with Crippen LogP contribution >= 0.6 is 0 Å². The van der Waals surface area contributed by atoms with Crippen molar-refractivity contribution in [2.45, 2.75) is 69.9 Å². The Balaban J connectivity index is 1.99. The summed E-state index contributed by atoms with van der Waals surface area (Å²) in [6.07, 6.45) is 4.23. The Morgan fingerprint density at radius 1 is 1.36 bits per heavy atom. The van der Waals surface area contributed by atoms with Gasteiger partial charge in [0, 0.05) is 43.5 Å². The highest BCUT2D eigenvalue weighted by molar-refractivity contribution is 7.89. The molecule has 1 amide bonds. The molecule has 182 valence electrons. The maximum atomic E-state index is 13.5. The molecule has 0 radical (unpaired) electrons. The van der Waals surface area contributed by atoms with Crippen LogP contribution in [0.1, 0.15) is 58.4 Å². The quantitative estimate of drug-likeness (QED) is 0.638. The highest BCUT2D eigenvalue weighted by Crippen LogP contribution is 2.34. The first-order valence-electron chi connectivity index (χ1n) is 11.9. The zero-order valence-corrected chi connectivity index (χ0v) is 20.9. The number of nitrogens with zero attached hydrogens (tertiary/aromatic N) is 2. The molecule has 1 aliphatic heterocycles. The number of hydrogen-bond acceptors (Lipinski definition) is 5. The third-order valence-electron chi connectivity index (χ3n) is 6.56. The van der Waals surface area contributed by atoms with Gasteiger partial charge in [0.2, 0.25) is 15.9 Å². The molecule has 0 bridgehead atoms. The number of sulfonamides is 1. The lowest BCUT2D eigenvalue weighted by molar-refractivity contribution is -0.138. The molecule has 1 saturated carbocycles. The van der Waals surface area contributed by atoms with Gasteiger partial charge in [0.1, 0.15) is 16.7 Å². The summed E-state index contributed by atoms with van der Waals surface area (Å²) in [6.45, 7) is 5.94. The van der Waals surface area contributed by atoms with Crippen molar-refractivity contribution in [2.75, 3.05) is 26.7 Å². The molecule has 1 heterocycles. The summed E-state index contributed by atoms with van der Waals surface area (Å²) < 4.78 is 34.7. The summed E-state index contributed by atoms with van der Waals surface area (Å²) in [7, 11) is -2.10. The standard InChI is InChI=1S/C25H36N2O5S/c1-5-6-7-9-20-12-13-24-22(14-20)32-23(16-26(4)25(29)21-10-8-11-21)18(2)15-27(19(3)17-28)33(24,30)31/h12-14,18-19,21,23,28H,5-6,8,10-11,15-17H2,1-4H3/t18-,19-,23-/m1/s1. The number of amides is 1. The fraction of sp³-hybridized carbons (Fsp3) is 0.640. The summed E-state index contributed by atoms with van der Waals surface area (Å²) in [5.74, 6) is 6.40. The summed E-state index contributed by atoms with van der Waals surface area (Å²) in [5.41, 5.74) is 0.685. The van der Waals surface area contributed by atoms with Gasteiger partial charge in [-0.1, -0.05) is 32.1 Å². The number of aliphatic hydroxyl groups excluding tert-OH is 1. The van der Waals surface area contributed by atoms with Gasteiger partial charge in [-0.05, 0) is 44.4 Å². The zero-order valence-electron chi connectivity index (χ0n) is 20.1. The van der Waals surface area contributed by atoms with Crippen molar-refractivity contribution in [2.24, 2.45) is 11.8 Å². The average Bonchev–Trinajstić information content (AvgIpc) is 2.74. The molecular weight excluding hydrogens is 440 g/mol. The molecule has 1 aromatic rings. The van der Waals surface area contributed by atoms with E-state index < -0.39 is 22.2 Å². The van der Waals surface area contributed by atoms with Gasteiger partial charge in [-0.15, -0.1) is 0 Å². The monoisotopic (exact) mass is 476 g/mol. The second kappa shape index (κ2) is 10.9. The molecule has 0 aromatic heterocycles. The minimum absolute atomic E-state index is 0.0636. The van der Waals surface area contributed by atoms with E-state index in [1.54, 1.807) is 31.0 Å². The summed E-state index contributed by atoms with van der Waals surface area (Å²) in [5, 5.41) is 9.75. The molecule has 7 nitrogen and oxygen atoms in total. The average molecular weight is 477 g/mol. The number of rotatable bonds is 6. The van der Waals surface area contributed by atoms with Gasteiger partial charge in [0.25, 0.3) is 0 Å². The van der Waals surface area contributed by atoms with Crippen molar-refractivity contribution in [3.05, 3.63) is 23.8 Å². The van der Waals surface area contributed by atoms with Gasteiger partial charge < -0.3 is 14.7 Å². The van der Waals surface area contributed by atoms with Crippen LogP contribution in [0, 0.1) is 23.7 Å². The molecule has 3 atom stereocenters. The van der Waals surface area contributed by atoms with Crippen LogP contribution in [0.15, 0.2) is 23.1 Å². The van der Waals surface area contributed by atoms with Gasteiger partial charge in [-0.25, -0.2) is 8.42 Å². The largest absolute Gasteiger partial charge is 0.487 e. The molecule has 0 saturated heterocycles. The minimum Gasteiger partial charge on any atom is -0.487 e. The highest BCUT2D eigenvalue weighted by Gasteiger charge is 2.39. The number of carbonyl (C=O) groups is 1. The molecule has 2 aliphatic rings. The maximum absolute atomic E-state index is 13.5. The second-order valence-corrected chi connectivity index (χ2v) is 11.2. The number of benzene rings is 1.